The molecule has 0 bridgehead atoms. The van der Waals surface area contributed by atoms with E-state index >= 15 is 0 Å². The quantitative estimate of drug-likeness (QED) is 0.731. The summed E-state index contributed by atoms with van der Waals surface area (Å²) >= 11 is 0. The van der Waals surface area contributed by atoms with Crippen molar-refractivity contribution in [3.8, 4) is 0 Å². The van der Waals surface area contributed by atoms with Gasteiger partial charge in [0.15, 0.2) is 0 Å². The Kier molecular flexibility index (Phi) is 5.64. The molecule has 136 valence electrons. The van der Waals surface area contributed by atoms with E-state index in [1.165, 1.54) is 12.8 Å². The summed E-state index contributed by atoms with van der Waals surface area (Å²) in [6, 6.07) is 0.333. The van der Waals surface area contributed by atoms with Crippen LogP contribution in [0.1, 0.15) is 64.2 Å². The molecule has 1 heterocycles. The third-order valence-electron chi connectivity index (χ3n) is 6.10. The van der Waals surface area contributed by atoms with Crippen LogP contribution in [0.25, 0.3) is 0 Å². The minimum absolute atomic E-state index is 0.00815. The van der Waals surface area contributed by atoms with Gasteiger partial charge < -0.3 is 21.3 Å². The molecule has 1 atom stereocenters. The normalized spacial score (nSPS) is 27.2. The van der Waals surface area contributed by atoms with E-state index in [-0.39, 0.29) is 23.4 Å². The highest BCUT2D eigenvalue weighted by Gasteiger charge is 2.37. The second kappa shape index (κ2) is 7.72. The molecule has 4 N–H and O–H groups in total. The van der Waals surface area contributed by atoms with Gasteiger partial charge in [-0.05, 0) is 38.5 Å². The maximum Gasteiger partial charge on any atom is 0.317 e. The number of nitrogens with one attached hydrogen (secondary N) is 2. The Hall–Kier alpha value is -1.30. The first-order valence-electron chi connectivity index (χ1n) is 9.69. The first-order chi connectivity index (χ1) is 11.6. The molecule has 3 rings (SSSR count). The maximum absolute atomic E-state index is 12.7. The van der Waals surface area contributed by atoms with Crippen LogP contribution in [0.15, 0.2) is 0 Å². The number of piperidine rings is 1. The second-order valence-corrected chi connectivity index (χ2v) is 7.90. The van der Waals surface area contributed by atoms with E-state index in [9.17, 15) is 9.59 Å². The topological polar surface area (TPSA) is 87.5 Å². The van der Waals surface area contributed by atoms with Gasteiger partial charge in [-0.15, -0.1) is 0 Å². The average Bonchev–Trinajstić information content (AvgIpc) is 3.27. The first kappa shape index (κ1) is 17.5. The third-order valence-corrected chi connectivity index (χ3v) is 6.10. The molecule has 0 aromatic rings. The van der Waals surface area contributed by atoms with Gasteiger partial charge in [-0.2, -0.15) is 0 Å². The van der Waals surface area contributed by atoms with Crippen molar-refractivity contribution in [1.29, 1.82) is 0 Å². The Morgan fingerprint density at radius 2 is 1.75 bits per heavy atom. The Morgan fingerprint density at radius 3 is 2.42 bits per heavy atom. The highest BCUT2D eigenvalue weighted by molar-refractivity contribution is 5.81. The summed E-state index contributed by atoms with van der Waals surface area (Å²) in [7, 11) is 0. The Bertz CT molecular complexity index is 456. The van der Waals surface area contributed by atoms with Crippen molar-refractivity contribution in [2.75, 3.05) is 19.6 Å². The number of nitrogens with two attached hydrogens (primary N) is 1. The van der Waals surface area contributed by atoms with Crippen molar-refractivity contribution in [1.82, 2.24) is 15.5 Å². The first-order valence-corrected chi connectivity index (χ1v) is 9.69. The zero-order chi connectivity index (χ0) is 17.0. The van der Waals surface area contributed by atoms with Gasteiger partial charge >= 0.3 is 6.03 Å². The zero-order valence-corrected chi connectivity index (χ0v) is 14.7. The van der Waals surface area contributed by atoms with Gasteiger partial charge in [0.2, 0.25) is 5.91 Å². The summed E-state index contributed by atoms with van der Waals surface area (Å²) in [6.07, 6.45) is 10.6. The predicted molar refractivity (Wildman–Crippen MR) is 93.5 cm³/mol. The summed E-state index contributed by atoms with van der Waals surface area (Å²) in [5, 5.41) is 6.36. The summed E-state index contributed by atoms with van der Waals surface area (Å²) in [6.45, 7) is 1.80. The predicted octanol–water partition coefficient (Wildman–Crippen LogP) is 1.74. The van der Waals surface area contributed by atoms with E-state index in [0.29, 0.717) is 19.1 Å². The molecule has 2 saturated carbocycles. The van der Waals surface area contributed by atoms with Crippen LogP contribution in [0.2, 0.25) is 0 Å². The molecule has 24 heavy (non-hydrogen) atoms. The van der Waals surface area contributed by atoms with Crippen molar-refractivity contribution in [2.24, 2.45) is 11.7 Å². The molecule has 0 aromatic carbocycles. The van der Waals surface area contributed by atoms with E-state index in [1.807, 2.05) is 4.90 Å². The molecule has 0 aromatic heterocycles. The Labute approximate surface area is 144 Å². The lowest BCUT2D eigenvalue weighted by Gasteiger charge is -2.36. The van der Waals surface area contributed by atoms with Crippen molar-refractivity contribution in [3.63, 3.8) is 0 Å². The molecule has 3 aliphatic rings. The van der Waals surface area contributed by atoms with Crippen LogP contribution in [0.4, 0.5) is 4.79 Å². The Balaban J connectivity index is 1.52. The lowest BCUT2D eigenvalue weighted by atomic mass is 9.93. The fourth-order valence-electron chi connectivity index (χ4n) is 4.51. The van der Waals surface area contributed by atoms with Gasteiger partial charge in [0, 0.05) is 25.7 Å². The molecule has 1 aliphatic heterocycles. The average molecular weight is 336 g/mol. The molecular formula is C18H32N4O2. The number of hydrogen-bond donors (Lipinski definition) is 3. The second-order valence-electron chi connectivity index (χ2n) is 7.90. The monoisotopic (exact) mass is 336 g/mol. The summed E-state index contributed by atoms with van der Waals surface area (Å²) < 4.78 is 0. The van der Waals surface area contributed by atoms with Crippen molar-refractivity contribution in [3.05, 3.63) is 0 Å². The standard InChI is InChI=1S/C18H32N4O2/c19-13-18(9-3-4-10-18)21-16(23)14-6-5-11-22(12-14)17(24)20-15-7-1-2-8-15/h14-15H,1-13,19H2,(H,20,24)(H,21,23). The Morgan fingerprint density at radius 1 is 1.04 bits per heavy atom. The number of carbonyl (C=O) groups excluding carboxylic acids is 2. The van der Waals surface area contributed by atoms with Crippen LogP contribution < -0.4 is 16.4 Å². The molecule has 1 saturated heterocycles. The largest absolute Gasteiger partial charge is 0.349 e. The lowest BCUT2D eigenvalue weighted by molar-refractivity contribution is -0.128. The maximum atomic E-state index is 12.7. The number of hydrogen-bond acceptors (Lipinski definition) is 3. The van der Waals surface area contributed by atoms with Crippen LogP contribution >= 0.6 is 0 Å². The SMILES string of the molecule is NCC1(NC(=O)C2CCCN(C(=O)NC3CCCC3)C2)CCCC1. The van der Waals surface area contributed by atoms with Crippen LogP contribution in [-0.2, 0) is 4.79 Å². The third kappa shape index (κ3) is 4.02. The molecule has 0 spiro atoms. The number of nitrogens with zero attached hydrogens (tertiary/aromatic N) is 1. The highest BCUT2D eigenvalue weighted by Crippen LogP contribution is 2.29. The van der Waals surface area contributed by atoms with Crippen LogP contribution in [0.3, 0.4) is 0 Å². The minimum Gasteiger partial charge on any atom is -0.349 e. The van der Waals surface area contributed by atoms with Gasteiger partial charge in [0.05, 0.1) is 11.5 Å². The van der Waals surface area contributed by atoms with E-state index < -0.39 is 0 Å². The van der Waals surface area contributed by atoms with Gasteiger partial charge in [0.1, 0.15) is 0 Å². The number of likely N-dealkylation sites (tertiary alicyclic amines) is 1. The number of amides is 3. The summed E-state index contributed by atoms with van der Waals surface area (Å²) in [5.74, 6) is -0.0159. The van der Waals surface area contributed by atoms with Gasteiger partial charge in [-0.3, -0.25) is 4.79 Å². The molecule has 6 heteroatoms. The molecule has 3 amide bonds. The molecule has 6 nitrogen and oxygen atoms in total. The highest BCUT2D eigenvalue weighted by atomic mass is 16.2. The van der Waals surface area contributed by atoms with E-state index in [2.05, 4.69) is 10.6 Å². The number of urea groups is 1. The minimum atomic E-state index is -0.203. The van der Waals surface area contributed by atoms with Crippen LogP contribution in [-0.4, -0.2) is 48.1 Å². The van der Waals surface area contributed by atoms with Gasteiger partial charge in [0.25, 0.3) is 0 Å². The molecule has 2 aliphatic carbocycles. The molecule has 0 radical (unpaired) electrons. The lowest BCUT2D eigenvalue weighted by Crippen LogP contribution is -2.56. The number of rotatable bonds is 4. The van der Waals surface area contributed by atoms with Crippen molar-refractivity contribution in [2.45, 2.75) is 75.8 Å². The fourth-order valence-corrected chi connectivity index (χ4v) is 4.51. The van der Waals surface area contributed by atoms with E-state index in [0.717, 1.165) is 57.9 Å². The van der Waals surface area contributed by atoms with Crippen molar-refractivity contribution < 1.29 is 9.59 Å². The zero-order valence-electron chi connectivity index (χ0n) is 14.7. The summed E-state index contributed by atoms with van der Waals surface area (Å²) in [5.41, 5.74) is 5.72. The molecule has 3 fully saturated rings. The van der Waals surface area contributed by atoms with Gasteiger partial charge in [-0.25, -0.2) is 4.79 Å². The summed E-state index contributed by atoms with van der Waals surface area (Å²) in [4.78, 5) is 27.0. The molecular weight excluding hydrogens is 304 g/mol. The van der Waals surface area contributed by atoms with E-state index in [4.69, 9.17) is 5.73 Å². The van der Waals surface area contributed by atoms with Gasteiger partial charge in [-0.1, -0.05) is 25.7 Å². The number of carbonyl (C=O) groups is 2. The molecule has 1 unspecified atom stereocenters. The van der Waals surface area contributed by atoms with E-state index in [1.54, 1.807) is 0 Å². The van der Waals surface area contributed by atoms with Crippen LogP contribution in [0.5, 0.6) is 0 Å². The van der Waals surface area contributed by atoms with Crippen molar-refractivity contribution >= 4 is 11.9 Å². The smallest absolute Gasteiger partial charge is 0.317 e. The van der Waals surface area contributed by atoms with Crippen LogP contribution in [0, 0.1) is 5.92 Å². The fraction of sp³-hybridized carbons (Fsp3) is 0.889.